The second-order valence-electron chi connectivity index (χ2n) is 5.15. The lowest BCUT2D eigenvalue weighted by molar-refractivity contribution is -0.112. The number of nitriles is 1. The number of hydrogen-bond acceptors (Lipinski definition) is 3. The topological polar surface area (TPSA) is 73.1 Å². The Bertz CT molecular complexity index is 835. The number of nitrogens with one attached hydrogen (secondary N) is 1. The van der Waals surface area contributed by atoms with E-state index in [9.17, 15) is 15.2 Å². The van der Waals surface area contributed by atoms with Crippen LogP contribution in [-0.2, 0) is 4.79 Å². The summed E-state index contributed by atoms with van der Waals surface area (Å²) in [6.45, 7) is 3.81. The van der Waals surface area contributed by atoms with E-state index in [1.165, 1.54) is 12.1 Å². The number of aryl methyl sites for hydroxylation is 2. The number of nitrogens with zero attached hydrogens (tertiary/aromatic N) is 1. The molecule has 1 amide bonds. The Kier molecular flexibility index (Phi) is 5.20. The molecular formula is C18H15BrN2O2. The van der Waals surface area contributed by atoms with Crippen LogP contribution in [0, 0.1) is 25.2 Å². The van der Waals surface area contributed by atoms with Crippen LogP contribution >= 0.6 is 15.9 Å². The van der Waals surface area contributed by atoms with Gasteiger partial charge in [0.05, 0.1) is 0 Å². The normalized spacial score (nSPS) is 11.0. The van der Waals surface area contributed by atoms with Gasteiger partial charge in [0.25, 0.3) is 5.91 Å². The standard InChI is InChI=1S/C18H15BrN2O2/c1-11-3-4-12(2)16(7-11)21-18(23)14(10-20)8-13-9-15(19)5-6-17(13)22/h3-9,22H,1-2H3,(H,21,23)/b14-8+. The minimum atomic E-state index is -0.513. The fourth-order valence-electron chi connectivity index (χ4n) is 2.01. The molecule has 0 bridgehead atoms. The van der Waals surface area contributed by atoms with Crippen molar-refractivity contribution in [2.75, 3.05) is 5.32 Å². The SMILES string of the molecule is Cc1ccc(C)c(NC(=O)/C(C#N)=C/c2cc(Br)ccc2O)c1. The highest BCUT2D eigenvalue weighted by molar-refractivity contribution is 9.10. The van der Waals surface area contributed by atoms with E-state index in [4.69, 9.17) is 0 Å². The first kappa shape index (κ1) is 16.8. The lowest BCUT2D eigenvalue weighted by Crippen LogP contribution is -2.14. The van der Waals surface area contributed by atoms with Gasteiger partial charge in [-0.05, 0) is 55.3 Å². The predicted molar refractivity (Wildman–Crippen MR) is 93.9 cm³/mol. The molecule has 23 heavy (non-hydrogen) atoms. The van der Waals surface area contributed by atoms with Crippen molar-refractivity contribution in [1.29, 1.82) is 5.26 Å². The number of rotatable bonds is 3. The van der Waals surface area contributed by atoms with E-state index >= 15 is 0 Å². The Labute approximate surface area is 143 Å². The third-order valence-corrected chi connectivity index (χ3v) is 3.79. The highest BCUT2D eigenvalue weighted by atomic mass is 79.9. The molecule has 0 radical (unpaired) electrons. The molecule has 0 aliphatic rings. The largest absolute Gasteiger partial charge is 0.507 e. The Balaban J connectivity index is 2.32. The van der Waals surface area contributed by atoms with Crippen LogP contribution in [0.15, 0.2) is 46.4 Å². The first-order valence-electron chi connectivity index (χ1n) is 6.89. The monoisotopic (exact) mass is 370 g/mol. The zero-order chi connectivity index (χ0) is 17.0. The van der Waals surface area contributed by atoms with Crippen LogP contribution in [0.5, 0.6) is 5.75 Å². The van der Waals surface area contributed by atoms with Gasteiger partial charge in [0.1, 0.15) is 17.4 Å². The lowest BCUT2D eigenvalue weighted by Gasteiger charge is -2.09. The van der Waals surface area contributed by atoms with Gasteiger partial charge in [0.15, 0.2) is 0 Å². The molecule has 116 valence electrons. The van der Waals surface area contributed by atoms with Gasteiger partial charge in [0.2, 0.25) is 0 Å². The maximum absolute atomic E-state index is 12.3. The van der Waals surface area contributed by atoms with Crippen LogP contribution in [0.2, 0.25) is 0 Å². The van der Waals surface area contributed by atoms with E-state index in [1.54, 1.807) is 12.1 Å². The van der Waals surface area contributed by atoms with Gasteiger partial charge >= 0.3 is 0 Å². The summed E-state index contributed by atoms with van der Waals surface area (Å²) in [4.78, 5) is 12.3. The predicted octanol–water partition coefficient (Wildman–Crippen LogP) is 4.32. The molecule has 2 N–H and O–H groups in total. The van der Waals surface area contributed by atoms with Gasteiger partial charge in [-0.3, -0.25) is 4.79 Å². The minimum absolute atomic E-state index is 0.000450. The number of hydrogen-bond donors (Lipinski definition) is 2. The molecule has 5 heteroatoms. The zero-order valence-electron chi connectivity index (χ0n) is 12.7. The second kappa shape index (κ2) is 7.12. The van der Waals surface area contributed by atoms with Gasteiger partial charge in [0, 0.05) is 15.7 Å². The van der Waals surface area contributed by atoms with Crippen molar-refractivity contribution < 1.29 is 9.90 Å². The molecule has 0 heterocycles. The van der Waals surface area contributed by atoms with Crippen LogP contribution in [0.1, 0.15) is 16.7 Å². The Morgan fingerprint density at radius 2 is 2.00 bits per heavy atom. The molecule has 0 aromatic heterocycles. The molecule has 0 saturated heterocycles. The Morgan fingerprint density at radius 3 is 2.70 bits per heavy atom. The number of phenols is 1. The van der Waals surface area contributed by atoms with Crippen molar-refractivity contribution >= 4 is 33.6 Å². The Morgan fingerprint density at radius 1 is 1.26 bits per heavy atom. The average Bonchev–Trinajstić information content (AvgIpc) is 2.51. The van der Waals surface area contributed by atoms with Gasteiger partial charge in [-0.25, -0.2) is 0 Å². The number of halogens is 1. The number of aromatic hydroxyl groups is 1. The molecule has 2 rings (SSSR count). The third kappa shape index (κ3) is 4.21. The summed E-state index contributed by atoms with van der Waals surface area (Å²) < 4.78 is 0.744. The number of carbonyl (C=O) groups is 1. The molecule has 0 fully saturated rings. The van der Waals surface area contributed by atoms with Crippen molar-refractivity contribution in [3.05, 3.63) is 63.1 Å². The van der Waals surface area contributed by atoms with E-state index in [0.29, 0.717) is 11.3 Å². The minimum Gasteiger partial charge on any atom is -0.507 e. The molecular weight excluding hydrogens is 356 g/mol. The molecule has 2 aromatic rings. The van der Waals surface area contributed by atoms with Crippen LogP contribution in [0.25, 0.3) is 6.08 Å². The summed E-state index contributed by atoms with van der Waals surface area (Å²) >= 11 is 3.29. The van der Waals surface area contributed by atoms with Crippen molar-refractivity contribution in [3.8, 4) is 11.8 Å². The number of carbonyl (C=O) groups excluding carboxylic acids is 1. The highest BCUT2D eigenvalue weighted by Crippen LogP contribution is 2.24. The molecule has 0 aliphatic carbocycles. The molecule has 0 spiro atoms. The fraction of sp³-hybridized carbons (Fsp3) is 0.111. The maximum atomic E-state index is 12.3. The van der Waals surface area contributed by atoms with E-state index in [-0.39, 0.29) is 11.3 Å². The van der Waals surface area contributed by atoms with E-state index in [1.807, 2.05) is 38.1 Å². The lowest BCUT2D eigenvalue weighted by atomic mass is 10.1. The number of phenolic OH excluding ortho intramolecular Hbond substituents is 1. The molecule has 0 aliphatic heterocycles. The van der Waals surface area contributed by atoms with Crippen molar-refractivity contribution in [2.45, 2.75) is 13.8 Å². The molecule has 4 nitrogen and oxygen atoms in total. The zero-order valence-corrected chi connectivity index (χ0v) is 14.3. The summed E-state index contributed by atoms with van der Waals surface area (Å²) in [6.07, 6.45) is 1.36. The molecule has 0 atom stereocenters. The Hall–Kier alpha value is -2.58. The summed E-state index contributed by atoms with van der Waals surface area (Å²) in [7, 11) is 0. The van der Waals surface area contributed by atoms with E-state index < -0.39 is 5.91 Å². The van der Waals surface area contributed by atoms with Crippen LogP contribution in [0.4, 0.5) is 5.69 Å². The van der Waals surface area contributed by atoms with Gasteiger partial charge in [-0.1, -0.05) is 28.1 Å². The van der Waals surface area contributed by atoms with E-state index in [0.717, 1.165) is 15.6 Å². The van der Waals surface area contributed by atoms with Crippen LogP contribution in [0.3, 0.4) is 0 Å². The third-order valence-electron chi connectivity index (χ3n) is 3.30. The number of benzene rings is 2. The fourth-order valence-corrected chi connectivity index (χ4v) is 2.38. The summed E-state index contributed by atoms with van der Waals surface area (Å²) in [5.74, 6) is -0.513. The number of anilines is 1. The average molecular weight is 371 g/mol. The quantitative estimate of drug-likeness (QED) is 0.624. The molecule has 2 aromatic carbocycles. The molecule has 0 saturated carbocycles. The van der Waals surface area contributed by atoms with Crippen LogP contribution < -0.4 is 5.32 Å². The maximum Gasteiger partial charge on any atom is 0.266 e. The van der Waals surface area contributed by atoms with Crippen molar-refractivity contribution in [1.82, 2.24) is 0 Å². The first-order chi connectivity index (χ1) is 10.9. The summed E-state index contributed by atoms with van der Waals surface area (Å²) in [5.41, 5.74) is 2.89. The highest BCUT2D eigenvalue weighted by Gasteiger charge is 2.12. The summed E-state index contributed by atoms with van der Waals surface area (Å²) in [6, 6.07) is 12.4. The van der Waals surface area contributed by atoms with Crippen molar-refractivity contribution in [3.63, 3.8) is 0 Å². The van der Waals surface area contributed by atoms with Crippen molar-refractivity contribution in [2.24, 2.45) is 0 Å². The summed E-state index contributed by atoms with van der Waals surface area (Å²) in [5, 5.41) is 21.8. The van der Waals surface area contributed by atoms with Crippen LogP contribution in [-0.4, -0.2) is 11.0 Å². The number of amides is 1. The van der Waals surface area contributed by atoms with Gasteiger partial charge in [-0.15, -0.1) is 0 Å². The first-order valence-corrected chi connectivity index (χ1v) is 7.69. The second-order valence-corrected chi connectivity index (χ2v) is 6.06. The molecule has 0 unspecified atom stereocenters. The van der Waals surface area contributed by atoms with Gasteiger partial charge < -0.3 is 10.4 Å². The smallest absolute Gasteiger partial charge is 0.266 e. The van der Waals surface area contributed by atoms with E-state index in [2.05, 4.69) is 21.2 Å². The van der Waals surface area contributed by atoms with Gasteiger partial charge in [-0.2, -0.15) is 5.26 Å².